The number of aryl methyl sites for hydroxylation is 2. The van der Waals surface area contributed by atoms with Gasteiger partial charge in [0.15, 0.2) is 0 Å². The van der Waals surface area contributed by atoms with Crippen LogP contribution in [0.3, 0.4) is 0 Å². The first-order valence-electron chi connectivity index (χ1n) is 7.69. The fraction of sp³-hybridized carbons (Fsp3) is 0.556. The van der Waals surface area contributed by atoms with Crippen LogP contribution in [-0.2, 0) is 37.5 Å². The van der Waals surface area contributed by atoms with Crippen molar-refractivity contribution in [1.29, 1.82) is 0 Å². The van der Waals surface area contributed by atoms with E-state index < -0.39 is 21.4 Å². The van der Waals surface area contributed by atoms with Crippen molar-refractivity contribution in [1.82, 2.24) is 0 Å². The Labute approximate surface area is 125 Å². The van der Waals surface area contributed by atoms with E-state index in [1.165, 1.54) is 25.7 Å². The van der Waals surface area contributed by atoms with Gasteiger partial charge >= 0.3 is 126 Å². The second-order valence-electron chi connectivity index (χ2n) is 6.96. The number of allylic oxidation sites excluding steroid dienone is 1. The quantitative estimate of drug-likeness (QED) is 0.594. The van der Waals surface area contributed by atoms with Crippen LogP contribution < -0.4 is 0 Å². The summed E-state index contributed by atoms with van der Waals surface area (Å²) < 4.78 is 5.69. The number of hydrogen-bond acceptors (Lipinski definition) is 0. The summed E-state index contributed by atoms with van der Waals surface area (Å²) in [5.74, 6) is 0.795. The van der Waals surface area contributed by atoms with E-state index in [0.29, 0.717) is 3.17 Å². The number of benzene rings is 1. The van der Waals surface area contributed by atoms with Crippen LogP contribution in [0, 0.1) is 5.92 Å². The van der Waals surface area contributed by atoms with Crippen molar-refractivity contribution in [2.45, 2.75) is 52.1 Å². The Morgan fingerprint density at radius 1 is 1.16 bits per heavy atom. The van der Waals surface area contributed by atoms with E-state index in [1.807, 2.05) is 0 Å². The van der Waals surface area contributed by atoms with Crippen molar-refractivity contribution in [2.75, 3.05) is 0 Å². The molecule has 0 radical (unpaired) electrons. The monoisotopic (exact) mass is 421 g/mol. The molecule has 101 valence electrons. The maximum absolute atomic E-state index is 2.60. The maximum atomic E-state index is 2.60. The molecule has 0 saturated carbocycles. The Morgan fingerprint density at radius 2 is 1.84 bits per heavy atom. The molecule has 1 aromatic carbocycles. The van der Waals surface area contributed by atoms with Crippen LogP contribution in [0.2, 0.25) is 9.36 Å². The standard InChI is InChI=1S/C16H19.2CH3.Hf/c1-11(2)8-14-6-7-15-9-12-4-3-5-13(12)10-16(14)15;;;/h6-7,9-11H,3-5,8H2,1-2H3;2*1H3;. The van der Waals surface area contributed by atoms with Gasteiger partial charge in [0, 0.05) is 0 Å². The summed E-state index contributed by atoms with van der Waals surface area (Å²) in [5, 5.41) is 0. The first-order valence-corrected chi connectivity index (χ1v) is 16.7. The van der Waals surface area contributed by atoms with Crippen molar-refractivity contribution in [2.24, 2.45) is 5.92 Å². The zero-order valence-corrected chi connectivity index (χ0v) is 16.3. The van der Waals surface area contributed by atoms with Gasteiger partial charge in [0.25, 0.3) is 0 Å². The number of fused-ring (bicyclic) bond motifs is 2. The average molecular weight is 420 g/mol. The number of rotatable bonds is 3. The van der Waals surface area contributed by atoms with E-state index in [1.54, 1.807) is 22.3 Å². The Morgan fingerprint density at radius 3 is 2.47 bits per heavy atom. The van der Waals surface area contributed by atoms with Gasteiger partial charge in [-0.2, -0.15) is 0 Å². The molecule has 0 fully saturated rings. The van der Waals surface area contributed by atoms with E-state index in [9.17, 15) is 0 Å². The van der Waals surface area contributed by atoms with Gasteiger partial charge in [-0.15, -0.1) is 0 Å². The van der Waals surface area contributed by atoms with Gasteiger partial charge in [0.1, 0.15) is 0 Å². The Bertz CT molecular complexity index is 525. The van der Waals surface area contributed by atoms with Gasteiger partial charge in [0.05, 0.1) is 0 Å². The molecule has 19 heavy (non-hydrogen) atoms. The molecule has 0 heterocycles. The van der Waals surface area contributed by atoms with E-state index in [4.69, 9.17) is 0 Å². The second kappa shape index (κ2) is 4.98. The van der Waals surface area contributed by atoms with Crippen LogP contribution in [0.25, 0.3) is 6.08 Å². The molecule has 0 saturated heterocycles. The van der Waals surface area contributed by atoms with Crippen molar-refractivity contribution < 1.29 is 21.4 Å². The molecule has 1 atom stereocenters. The first kappa shape index (κ1) is 13.8. The van der Waals surface area contributed by atoms with E-state index in [-0.39, 0.29) is 0 Å². The van der Waals surface area contributed by atoms with Gasteiger partial charge in [-0.25, -0.2) is 0 Å². The zero-order chi connectivity index (χ0) is 13.6. The van der Waals surface area contributed by atoms with Gasteiger partial charge in [-0.1, -0.05) is 0 Å². The van der Waals surface area contributed by atoms with Gasteiger partial charge in [-0.3, -0.25) is 0 Å². The van der Waals surface area contributed by atoms with Crippen LogP contribution in [0.1, 0.15) is 48.9 Å². The van der Waals surface area contributed by atoms with Crippen molar-refractivity contribution in [3.05, 3.63) is 40.5 Å². The van der Waals surface area contributed by atoms with E-state index in [2.05, 4.69) is 47.5 Å². The molecule has 0 bridgehead atoms. The van der Waals surface area contributed by atoms with E-state index in [0.717, 1.165) is 5.92 Å². The molecule has 0 N–H and O–H groups in total. The molecule has 0 spiro atoms. The molecule has 1 aromatic rings. The Balaban J connectivity index is 2.10. The van der Waals surface area contributed by atoms with Gasteiger partial charge in [-0.05, 0) is 0 Å². The van der Waals surface area contributed by atoms with E-state index >= 15 is 0 Å². The van der Waals surface area contributed by atoms with Crippen LogP contribution in [0.5, 0.6) is 0 Å². The van der Waals surface area contributed by atoms with Crippen LogP contribution in [-0.4, -0.2) is 0 Å². The van der Waals surface area contributed by atoms with Crippen LogP contribution >= 0.6 is 0 Å². The van der Waals surface area contributed by atoms with Gasteiger partial charge < -0.3 is 0 Å². The minimum absolute atomic E-state index is 0.492. The normalized spacial score (nSPS) is 23.8. The third kappa shape index (κ3) is 2.22. The second-order valence-corrected chi connectivity index (χ2v) is 17.4. The molecule has 2 aliphatic rings. The summed E-state index contributed by atoms with van der Waals surface area (Å²) in [7, 11) is 0. The SMILES string of the molecule is CC(C)C[C]1([Hf]([CH3])[CH3])C=Cc2cc3c(cc21)CCC3. The third-order valence-electron chi connectivity index (χ3n) is 4.91. The Kier molecular flexibility index (Phi) is 3.62. The first-order chi connectivity index (χ1) is 9.03. The van der Waals surface area contributed by atoms with Crippen molar-refractivity contribution >= 4 is 6.08 Å². The van der Waals surface area contributed by atoms with Crippen LogP contribution in [0.15, 0.2) is 18.2 Å². The summed E-state index contributed by atoms with van der Waals surface area (Å²) >= 11 is -1.53. The molecule has 1 heteroatoms. The molecule has 2 aliphatic carbocycles. The molecule has 0 amide bonds. The molecule has 0 aromatic heterocycles. The topological polar surface area (TPSA) is 0 Å². The summed E-state index contributed by atoms with van der Waals surface area (Å²) in [6.45, 7) is 4.77. The summed E-state index contributed by atoms with van der Waals surface area (Å²) in [4.78, 5) is 0. The average Bonchev–Trinajstić information content (AvgIpc) is 2.91. The Hall–Kier alpha value is -0.170. The predicted octanol–water partition coefficient (Wildman–Crippen LogP) is 5.16. The molecule has 0 nitrogen and oxygen atoms in total. The van der Waals surface area contributed by atoms with Crippen molar-refractivity contribution in [3.63, 3.8) is 0 Å². The van der Waals surface area contributed by atoms with Crippen molar-refractivity contribution in [3.8, 4) is 0 Å². The molecular formula is C18H25Hf. The predicted molar refractivity (Wildman–Crippen MR) is 80.4 cm³/mol. The van der Waals surface area contributed by atoms with Crippen LogP contribution in [0.4, 0.5) is 0 Å². The zero-order valence-electron chi connectivity index (χ0n) is 12.7. The molecular weight excluding hydrogens is 395 g/mol. The summed E-state index contributed by atoms with van der Waals surface area (Å²) in [5.41, 5.74) is 6.53. The fourth-order valence-electron chi connectivity index (χ4n) is 3.95. The summed E-state index contributed by atoms with van der Waals surface area (Å²) in [6, 6.07) is 5.10. The molecule has 3 rings (SSSR count). The number of hydrogen-bond donors (Lipinski definition) is 0. The molecule has 1 unspecified atom stereocenters. The fourth-order valence-corrected chi connectivity index (χ4v) is 11.1. The van der Waals surface area contributed by atoms with Gasteiger partial charge in [0.2, 0.25) is 0 Å². The molecule has 0 aliphatic heterocycles. The minimum atomic E-state index is -1.53. The third-order valence-corrected chi connectivity index (χ3v) is 13.6. The summed E-state index contributed by atoms with van der Waals surface area (Å²) in [6.07, 6.45) is 10.4.